The minimum atomic E-state index is -0.00532. The zero-order valence-electron chi connectivity index (χ0n) is 34.3. The molecule has 0 N–H and O–H groups in total. The van der Waals surface area contributed by atoms with Gasteiger partial charge in [-0.3, -0.25) is 9.59 Å². The minimum Gasteiger partial charge on any atom is -0.465 e. The first kappa shape index (κ1) is 47.9. The van der Waals surface area contributed by atoms with Crippen molar-refractivity contribution in [2.45, 2.75) is 233 Å². The van der Waals surface area contributed by atoms with Gasteiger partial charge in [0.15, 0.2) is 0 Å². The van der Waals surface area contributed by atoms with Crippen LogP contribution in [0.5, 0.6) is 0 Å². The number of carbonyl (C=O) groups is 2. The van der Waals surface area contributed by atoms with Crippen molar-refractivity contribution in [3.63, 3.8) is 0 Å². The number of unbranched alkanes of at least 4 members (excludes halogenated alkanes) is 19. The van der Waals surface area contributed by atoms with Crippen molar-refractivity contribution in [2.24, 2.45) is 5.92 Å². The SMILES string of the molecule is CCCCCCCCCN(C(=O)CCCN(C)C)C(CCCCCC)CCCCCC(=O)OCC(CCCCCC)CCCCCCCC. The fourth-order valence-corrected chi connectivity index (χ4v) is 7.20. The van der Waals surface area contributed by atoms with E-state index in [1.807, 2.05) is 0 Å². The largest absolute Gasteiger partial charge is 0.465 e. The highest BCUT2D eigenvalue weighted by molar-refractivity contribution is 5.76. The fourth-order valence-electron chi connectivity index (χ4n) is 7.20. The molecule has 49 heavy (non-hydrogen) atoms. The van der Waals surface area contributed by atoms with Crippen LogP contribution in [0.2, 0.25) is 0 Å². The highest BCUT2D eigenvalue weighted by Gasteiger charge is 2.23. The first-order valence-corrected chi connectivity index (χ1v) is 22.0. The summed E-state index contributed by atoms with van der Waals surface area (Å²) in [6, 6.07) is 0.339. The Hall–Kier alpha value is -1.10. The molecule has 2 unspecified atom stereocenters. The summed E-state index contributed by atoms with van der Waals surface area (Å²) in [6.07, 6.45) is 36.7. The van der Waals surface area contributed by atoms with Crippen molar-refractivity contribution in [3.05, 3.63) is 0 Å². The second kappa shape index (κ2) is 36.7. The third kappa shape index (κ3) is 31.4. The lowest BCUT2D eigenvalue weighted by molar-refractivity contribution is -0.145. The molecule has 0 aromatic rings. The molecule has 0 aliphatic carbocycles. The Balaban J connectivity index is 4.94. The molecule has 0 aromatic heterocycles. The van der Waals surface area contributed by atoms with E-state index in [1.54, 1.807) is 0 Å². The quantitative estimate of drug-likeness (QED) is 0.0477. The summed E-state index contributed by atoms with van der Waals surface area (Å²) in [7, 11) is 4.19. The molecule has 2 atom stereocenters. The van der Waals surface area contributed by atoms with Gasteiger partial charge in [-0.2, -0.15) is 0 Å². The van der Waals surface area contributed by atoms with E-state index in [1.165, 1.54) is 141 Å². The highest BCUT2D eigenvalue weighted by Crippen LogP contribution is 2.22. The summed E-state index contributed by atoms with van der Waals surface area (Å²) in [4.78, 5) is 30.9. The molecule has 5 heteroatoms. The molecule has 0 heterocycles. The molecule has 0 saturated heterocycles. The maximum Gasteiger partial charge on any atom is 0.305 e. The van der Waals surface area contributed by atoms with Crippen LogP contribution in [0.1, 0.15) is 227 Å². The normalized spacial score (nSPS) is 12.8. The molecule has 0 rings (SSSR count). The topological polar surface area (TPSA) is 49.9 Å². The Kier molecular flexibility index (Phi) is 35.9. The van der Waals surface area contributed by atoms with Crippen molar-refractivity contribution in [1.29, 1.82) is 0 Å². The lowest BCUT2D eigenvalue weighted by Gasteiger charge is -2.33. The maximum atomic E-state index is 13.6. The van der Waals surface area contributed by atoms with E-state index in [-0.39, 0.29) is 5.97 Å². The molecule has 1 amide bonds. The number of hydrogen-bond donors (Lipinski definition) is 0. The van der Waals surface area contributed by atoms with Crippen molar-refractivity contribution in [3.8, 4) is 0 Å². The number of amides is 1. The van der Waals surface area contributed by atoms with Crippen LogP contribution in [0.3, 0.4) is 0 Å². The van der Waals surface area contributed by atoms with Gasteiger partial charge in [-0.25, -0.2) is 0 Å². The Morgan fingerprint density at radius 3 is 1.41 bits per heavy atom. The van der Waals surface area contributed by atoms with Crippen LogP contribution in [0.25, 0.3) is 0 Å². The van der Waals surface area contributed by atoms with Gasteiger partial charge >= 0.3 is 5.97 Å². The number of nitrogens with zero attached hydrogens (tertiary/aromatic N) is 2. The zero-order valence-corrected chi connectivity index (χ0v) is 34.3. The van der Waals surface area contributed by atoms with Crippen molar-refractivity contribution >= 4 is 11.9 Å². The van der Waals surface area contributed by atoms with E-state index in [2.05, 4.69) is 51.6 Å². The molecular weight excluding hydrogens is 604 g/mol. The van der Waals surface area contributed by atoms with E-state index in [4.69, 9.17) is 4.74 Å². The van der Waals surface area contributed by atoms with Crippen LogP contribution in [-0.2, 0) is 14.3 Å². The van der Waals surface area contributed by atoms with Gasteiger partial charge in [0.1, 0.15) is 0 Å². The first-order valence-electron chi connectivity index (χ1n) is 22.0. The molecule has 5 nitrogen and oxygen atoms in total. The van der Waals surface area contributed by atoms with E-state index < -0.39 is 0 Å². The molecule has 0 aliphatic heterocycles. The Labute approximate surface area is 307 Å². The number of ether oxygens (including phenoxy) is 1. The molecule has 0 bridgehead atoms. The lowest BCUT2D eigenvalue weighted by Crippen LogP contribution is -2.41. The smallest absolute Gasteiger partial charge is 0.305 e. The fraction of sp³-hybridized carbons (Fsp3) is 0.955. The van der Waals surface area contributed by atoms with Crippen LogP contribution in [0.15, 0.2) is 0 Å². The molecule has 292 valence electrons. The average Bonchev–Trinajstić information content (AvgIpc) is 3.08. The van der Waals surface area contributed by atoms with Crippen molar-refractivity contribution < 1.29 is 14.3 Å². The van der Waals surface area contributed by atoms with E-state index in [9.17, 15) is 9.59 Å². The number of carbonyl (C=O) groups excluding carboxylic acids is 2. The number of esters is 1. The summed E-state index contributed by atoms with van der Waals surface area (Å²) in [6.45, 7) is 11.6. The van der Waals surface area contributed by atoms with Gasteiger partial charge in [-0.05, 0) is 71.5 Å². The monoisotopic (exact) mass is 693 g/mol. The Morgan fingerprint density at radius 1 is 0.469 bits per heavy atom. The average molecular weight is 693 g/mol. The summed E-state index contributed by atoms with van der Waals surface area (Å²) in [5, 5.41) is 0. The van der Waals surface area contributed by atoms with Crippen LogP contribution in [0, 0.1) is 5.92 Å². The second-order valence-corrected chi connectivity index (χ2v) is 15.7. The standard InChI is InChI=1S/C44H88N2O3/c1-7-11-15-19-21-23-30-39-46(43(47)36-31-38-45(5)6)42(34-27-18-14-10-4)35-28-24-29-37-44(48)49-40-41(32-25-17-13-9-3)33-26-22-20-16-12-8-2/h41-42H,7-40H2,1-6H3. The summed E-state index contributed by atoms with van der Waals surface area (Å²) in [5.74, 6) is 0.884. The summed E-state index contributed by atoms with van der Waals surface area (Å²) >= 11 is 0. The van der Waals surface area contributed by atoms with E-state index >= 15 is 0 Å². The van der Waals surface area contributed by atoms with Gasteiger partial charge in [-0.1, -0.05) is 169 Å². The zero-order chi connectivity index (χ0) is 36.2. The maximum absolute atomic E-state index is 13.6. The Morgan fingerprint density at radius 2 is 0.898 bits per heavy atom. The number of hydrogen-bond acceptors (Lipinski definition) is 4. The highest BCUT2D eigenvalue weighted by atomic mass is 16.5. The Bertz CT molecular complexity index is 712. The van der Waals surface area contributed by atoms with Gasteiger partial charge in [0.05, 0.1) is 6.61 Å². The predicted octanol–water partition coefficient (Wildman–Crippen LogP) is 13.1. The molecule has 0 radical (unpaired) electrons. The van der Waals surface area contributed by atoms with Gasteiger partial charge in [-0.15, -0.1) is 0 Å². The third-order valence-corrected chi connectivity index (χ3v) is 10.5. The first-order chi connectivity index (χ1) is 23.9. The van der Waals surface area contributed by atoms with Gasteiger partial charge < -0.3 is 14.5 Å². The second-order valence-electron chi connectivity index (χ2n) is 15.7. The number of rotatable bonds is 38. The lowest BCUT2D eigenvalue weighted by atomic mass is 9.95. The van der Waals surface area contributed by atoms with Crippen LogP contribution in [-0.4, -0.2) is 61.5 Å². The van der Waals surface area contributed by atoms with Crippen LogP contribution >= 0.6 is 0 Å². The molecule has 0 aromatic carbocycles. The summed E-state index contributed by atoms with van der Waals surface area (Å²) < 4.78 is 5.87. The van der Waals surface area contributed by atoms with Gasteiger partial charge in [0.2, 0.25) is 5.91 Å². The molecule has 0 saturated carbocycles. The molecular formula is C44H88N2O3. The van der Waals surface area contributed by atoms with Crippen molar-refractivity contribution in [1.82, 2.24) is 9.80 Å². The summed E-state index contributed by atoms with van der Waals surface area (Å²) in [5.41, 5.74) is 0. The molecule has 0 fully saturated rings. The minimum absolute atomic E-state index is 0.00532. The molecule has 0 spiro atoms. The van der Waals surface area contributed by atoms with Crippen molar-refractivity contribution in [2.75, 3.05) is 33.8 Å². The third-order valence-electron chi connectivity index (χ3n) is 10.5. The van der Waals surface area contributed by atoms with E-state index in [0.29, 0.717) is 37.3 Å². The van der Waals surface area contributed by atoms with Gasteiger partial charge in [0.25, 0.3) is 0 Å². The van der Waals surface area contributed by atoms with Crippen LogP contribution in [0.4, 0.5) is 0 Å². The predicted molar refractivity (Wildman–Crippen MR) is 214 cm³/mol. The molecule has 0 aliphatic rings. The van der Waals surface area contributed by atoms with Gasteiger partial charge in [0, 0.05) is 25.4 Å². The van der Waals surface area contributed by atoms with E-state index in [0.717, 1.165) is 58.0 Å². The van der Waals surface area contributed by atoms with Crippen LogP contribution < -0.4 is 0 Å².